The number of carbonyl (C=O) groups is 2. The summed E-state index contributed by atoms with van der Waals surface area (Å²) in [7, 11) is 1.32. The minimum absolute atomic E-state index is 0.0604. The van der Waals surface area contributed by atoms with E-state index in [4.69, 9.17) is 21.1 Å². The Morgan fingerprint density at radius 2 is 1.95 bits per heavy atom. The van der Waals surface area contributed by atoms with E-state index in [0.717, 1.165) is 16.7 Å². The number of esters is 1. The molecule has 11 heteroatoms. The van der Waals surface area contributed by atoms with E-state index in [9.17, 15) is 9.59 Å². The van der Waals surface area contributed by atoms with E-state index in [0.29, 0.717) is 44.4 Å². The molecule has 0 unspecified atom stereocenters. The Morgan fingerprint density at radius 3 is 2.64 bits per heavy atom. The highest BCUT2D eigenvalue weighted by Gasteiger charge is 2.23. The SMILES string of the molecule is C=CCn1c(COc2ccc(Cl)c(C)c2)nnc1SCC(=O)Nc1scc(-c2ccc(C)cc2)c1C(=O)OC. The number of hydrogen-bond donors (Lipinski definition) is 1. The number of amides is 1. The van der Waals surface area contributed by atoms with E-state index >= 15 is 0 Å². The van der Waals surface area contributed by atoms with Gasteiger partial charge in [-0.2, -0.15) is 0 Å². The molecule has 2 heterocycles. The van der Waals surface area contributed by atoms with Crippen molar-refractivity contribution in [2.24, 2.45) is 0 Å². The maximum absolute atomic E-state index is 12.9. The van der Waals surface area contributed by atoms with Gasteiger partial charge in [0.1, 0.15) is 22.9 Å². The summed E-state index contributed by atoms with van der Waals surface area (Å²) in [5, 5.41) is 14.8. The fourth-order valence-corrected chi connectivity index (χ4v) is 5.55. The van der Waals surface area contributed by atoms with Gasteiger partial charge in [-0.05, 0) is 43.2 Å². The second kappa shape index (κ2) is 13.0. The maximum Gasteiger partial charge on any atom is 0.341 e. The number of anilines is 1. The Hall–Kier alpha value is -3.60. The number of halogens is 1. The van der Waals surface area contributed by atoms with Crippen molar-refractivity contribution < 1.29 is 19.1 Å². The number of carbonyl (C=O) groups excluding carboxylic acids is 2. The van der Waals surface area contributed by atoms with Crippen LogP contribution in [0.15, 0.2) is 65.7 Å². The molecule has 0 saturated heterocycles. The Balaban J connectivity index is 1.44. The third kappa shape index (κ3) is 6.89. The molecule has 1 N–H and O–H groups in total. The van der Waals surface area contributed by atoms with Crippen molar-refractivity contribution in [2.75, 3.05) is 18.2 Å². The Kier molecular flexibility index (Phi) is 9.45. The van der Waals surface area contributed by atoms with Crippen LogP contribution in [0.25, 0.3) is 11.1 Å². The Labute approximate surface area is 240 Å². The molecular weight excluding hydrogens is 556 g/mol. The summed E-state index contributed by atoms with van der Waals surface area (Å²) >= 11 is 8.60. The van der Waals surface area contributed by atoms with Crippen LogP contribution in [0, 0.1) is 13.8 Å². The number of rotatable bonds is 11. The normalized spacial score (nSPS) is 10.8. The molecular formula is C28H27ClN4O4S2. The summed E-state index contributed by atoms with van der Waals surface area (Å²) in [6.07, 6.45) is 1.73. The van der Waals surface area contributed by atoms with Crippen molar-refractivity contribution in [3.63, 3.8) is 0 Å². The molecule has 202 valence electrons. The van der Waals surface area contributed by atoms with Gasteiger partial charge in [0.05, 0.1) is 12.9 Å². The molecule has 0 spiro atoms. The average molecular weight is 583 g/mol. The fraction of sp³-hybridized carbons (Fsp3) is 0.214. The zero-order valence-corrected chi connectivity index (χ0v) is 24.1. The molecule has 39 heavy (non-hydrogen) atoms. The van der Waals surface area contributed by atoms with E-state index in [1.807, 2.05) is 54.1 Å². The third-order valence-electron chi connectivity index (χ3n) is 5.73. The number of hydrogen-bond acceptors (Lipinski definition) is 8. The van der Waals surface area contributed by atoms with Crippen LogP contribution in [0.1, 0.15) is 27.3 Å². The molecule has 0 atom stereocenters. The Bertz CT molecular complexity index is 1500. The highest BCUT2D eigenvalue weighted by atomic mass is 35.5. The summed E-state index contributed by atoms with van der Waals surface area (Å²) < 4.78 is 12.7. The first kappa shape index (κ1) is 28.4. The Morgan fingerprint density at radius 1 is 1.18 bits per heavy atom. The number of thiophene rings is 1. The maximum atomic E-state index is 12.9. The number of nitrogens with zero attached hydrogens (tertiary/aromatic N) is 3. The van der Waals surface area contributed by atoms with Gasteiger partial charge in [-0.25, -0.2) is 4.79 Å². The summed E-state index contributed by atoms with van der Waals surface area (Å²) in [5.41, 5.74) is 3.93. The van der Waals surface area contributed by atoms with Crippen LogP contribution in [0.2, 0.25) is 5.02 Å². The lowest BCUT2D eigenvalue weighted by Gasteiger charge is -2.10. The zero-order chi connectivity index (χ0) is 27.9. The number of nitrogens with one attached hydrogen (secondary N) is 1. The van der Waals surface area contributed by atoms with E-state index in [-0.39, 0.29) is 18.3 Å². The van der Waals surface area contributed by atoms with E-state index in [1.54, 1.807) is 18.2 Å². The van der Waals surface area contributed by atoms with E-state index < -0.39 is 5.97 Å². The van der Waals surface area contributed by atoms with Crippen molar-refractivity contribution in [2.45, 2.75) is 32.2 Å². The first-order chi connectivity index (χ1) is 18.8. The molecule has 4 rings (SSSR count). The molecule has 8 nitrogen and oxygen atoms in total. The second-order valence-electron chi connectivity index (χ2n) is 8.55. The number of benzene rings is 2. The summed E-state index contributed by atoms with van der Waals surface area (Å²) in [6.45, 7) is 8.35. The van der Waals surface area contributed by atoms with Crippen LogP contribution in [-0.4, -0.2) is 39.5 Å². The molecule has 0 aliphatic heterocycles. The predicted octanol–water partition coefficient (Wildman–Crippen LogP) is 6.56. The molecule has 0 saturated carbocycles. The van der Waals surface area contributed by atoms with Gasteiger partial charge in [-0.3, -0.25) is 9.36 Å². The van der Waals surface area contributed by atoms with Gasteiger partial charge in [-0.15, -0.1) is 28.1 Å². The van der Waals surface area contributed by atoms with Gasteiger partial charge in [-0.1, -0.05) is 59.3 Å². The number of aryl methyl sites for hydroxylation is 2. The van der Waals surface area contributed by atoms with Gasteiger partial charge in [0, 0.05) is 22.5 Å². The van der Waals surface area contributed by atoms with Crippen molar-refractivity contribution in [3.8, 4) is 16.9 Å². The van der Waals surface area contributed by atoms with Crippen LogP contribution in [0.5, 0.6) is 5.75 Å². The lowest BCUT2D eigenvalue weighted by molar-refractivity contribution is -0.113. The molecule has 0 radical (unpaired) electrons. The summed E-state index contributed by atoms with van der Waals surface area (Å²) in [5.74, 6) is 0.525. The van der Waals surface area contributed by atoms with Crippen LogP contribution >= 0.6 is 34.7 Å². The monoisotopic (exact) mass is 582 g/mol. The molecule has 4 aromatic rings. The molecule has 0 aliphatic rings. The number of thioether (sulfide) groups is 1. The number of aromatic nitrogens is 3. The molecule has 2 aromatic carbocycles. The summed E-state index contributed by atoms with van der Waals surface area (Å²) in [4.78, 5) is 25.5. The van der Waals surface area contributed by atoms with Crippen LogP contribution in [-0.2, 0) is 22.7 Å². The average Bonchev–Trinajstić information content (AvgIpc) is 3.52. The lowest BCUT2D eigenvalue weighted by atomic mass is 10.0. The highest BCUT2D eigenvalue weighted by Crippen LogP contribution is 2.36. The number of ether oxygens (including phenoxy) is 2. The topological polar surface area (TPSA) is 95.3 Å². The van der Waals surface area contributed by atoms with Crippen molar-refractivity contribution >= 4 is 51.6 Å². The van der Waals surface area contributed by atoms with Crippen molar-refractivity contribution in [1.82, 2.24) is 14.8 Å². The number of allylic oxidation sites excluding steroid dienone is 1. The molecule has 0 bridgehead atoms. The van der Waals surface area contributed by atoms with Crippen molar-refractivity contribution in [1.29, 1.82) is 0 Å². The van der Waals surface area contributed by atoms with Gasteiger partial charge >= 0.3 is 5.97 Å². The molecule has 2 aromatic heterocycles. The van der Waals surface area contributed by atoms with Crippen LogP contribution in [0.4, 0.5) is 5.00 Å². The number of methoxy groups -OCH3 is 1. The van der Waals surface area contributed by atoms with E-state index in [2.05, 4.69) is 22.1 Å². The molecule has 0 fully saturated rings. The predicted molar refractivity (Wildman–Crippen MR) is 156 cm³/mol. The standard InChI is InChI=1S/C28H27ClN4O4S2/c1-5-12-33-23(14-37-20-10-11-22(29)18(3)13-20)31-32-28(33)39-16-24(34)30-26-25(27(35)36-4)21(15-38-26)19-8-6-17(2)7-9-19/h5-11,13,15H,1,12,14,16H2,2-4H3,(H,30,34). The highest BCUT2D eigenvalue weighted by molar-refractivity contribution is 7.99. The van der Waals surface area contributed by atoms with Crippen LogP contribution < -0.4 is 10.1 Å². The quantitative estimate of drug-likeness (QED) is 0.122. The summed E-state index contributed by atoms with van der Waals surface area (Å²) in [6, 6.07) is 13.2. The second-order valence-corrected chi connectivity index (χ2v) is 10.8. The van der Waals surface area contributed by atoms with Crippen LogP contribution in [0.3, 0.4) is 0 Å². The first-order valence-electron chi connectivity index (χ1n) is 11.9. The smallest absolute Gasteiger partial charge is 0.341 e. The molecule has 1 amide bonds. The van der Waals surface area contributed by atoms with Crippen molar-refractivity contribution in [3.05, 3.63) is 88.0 Å². The minimum atomic E-state index is -0.513. The third-order valence-corrected chi connectivity index (χ3v) is 8.02. The zero-order valence-electron chi connectivity index (χ0n) is 21.7. The van der Waals surface area contributed by atoms with Gasteiger partial charge < -0.3 is 14.8 Å². The van der Waals surface area contributed by atoms with Gasteiger partial charge in [0.25, 0.3) is 0 Å². The van der Waals surface area contributed by atoms with E-state index in [1.165, 1.54) is 30.2 Å². The largest absolute Gasteiger partial charge is 0.486 e. The van der Waals surface area contributed by atoms with Gasteiger partial charge in [0.15, 0.2) is 11.0 Å². The first-order valence-corrected chi connectivity index (χ1v) is 14.2. The molecule has 0 aliphatic carbocycles. The fourth-order valence-electron chi connectivity index (χ4n) is 3.69. The lowest BCUT2D eigenvalue weighted by Crippen LogP contribution is -2.16. The van der Waals surface area contributed by atoms with Gasteiger partial charge in [0.2, 0.25) is 5.91 Å². The minimum Gasteiger partial charge on any atom is -0.486 e.